The zero-order valence-corrected chi connectivity index (χ0v) is 13.3. The topological polar surface area (TPSA) is 37.4 Å². The number of ether oxygens (including phenoxy) is 1. The van der Waals surface area contributed by atoms with Crippen LogP contribution in [-0.2, 0) is 4.74 Å². The summed E-state index contributed by atoms with van der Waals surface area (Å²) < 4.78 is 18.8. The molecule has 1 aliphatic rings. The van der Waals surface area contributed by atoms with Crippen LogP contribution in [-0.4, -0.2) is 48.8 Å². The van der Waals surface area contributed by atoms with Crippen LogP contribution in [0.3, 0.4) is 0 Å². The molecule has 4 nitrogen and oxygen atoms in total. The SMILES string of the molecule is CNC(c1ccc(F)cn1)C(C)CN1CC(C)OC(C)C1. The number of hydrogen-bond acceptors (Lipinski definition) is 4. The second-order valence-corrected chi connectivity index (χ2v) is 6.12. The Morgan fingerprint density at radius 3 is 2.57 bits per heavy atom. The lowest BCUT2D eigenvalue weighted by molar-refractivity contribution is -0.0719. The van der Waals surface area contributed by atoms with E-state index in [1.54, 1.807) is 6.07 Å². The molecule has 5 heteroatoms. The number of morpholine rings is 1. The predicted molar refractivity (Wildman–Crippen MR) is 81.6 cm³/mol. The van der Waals surface area contributed by atoms with Gasteiger partial charge < -0.3 is 10.1 Å². The number of nitrogens with one attached hydrogen (secondary N) is 1. The Bertz CT molecular complexity index is 430. The van der Waals surface area contributed by atoms with Gasteiger partial charge in [-0.1, -0.05) is 6.92 Å². The van der Waals surface area contributed by atoms with Gasteiger partial charge in [-0.3, -0.25) is 9.88 Å². The Balaban J connectivity index is 1.99. The maximum Gasteiger partial charge on any atom is 0.141 e. The van der Waals surface area contributed by atoms with Crippen LogP contribution in [0.2, 0.25) is 0 Å². The summed E-state index contributed by atoms with van der Waals surface area (Å²) in [5, 5.41) is 3.31. The molecule has 1 aromatic rings. The average Bonchev–Trinajstić information content (AvgIpc) is 2.40. The third kappa shape index (κ3) is 4.46. The van der Waals surface area contributed by atoms with E-state index in [-0.39, 0.29) is 24.1 Å². The molecule has 1 fully saturated rings. The zero-order valence-electron chi connectivity index (χ0n) is 13.3. The minimum absolute atomic E-state index is 0.124. The predicted octanol–water partition coefficient (Wildman–Crippen LogP) is 2.23. The Morgan fingerprint density at radius 1 is 1.38 bits per heavy atom. The van der Waals surface area contributed by atoms with Crippen molar-refractivity contribution in [1.82, 2.24) is 15.2 Å². The van der Waals surface area contributed by atoms with Crippen LogP contribution >= 0.6 is 0 Å². The lowest BCUT2D eigenvalue weighted by Crippen LogP contribution is -2.48. The number of aromatic nitrogens is 1. The van der Waals surface area contributed by atoms with Crippen molar-refractivity contribution < 1.29 is 9.13 Å². The molecular formula is C16H26FN3O. The summed E-state index contributed by atoms with van der Waals surface area (Å²) in [4.78, 5) is 6.65. The van der Waals surface area contributed by atoms with E-state index in [0.717, 1.165) is 25.3 Å². The van der Waals surface area contributed by atoms with Crippen molar-refractivity contribution in [3.05, 3.63) is 29.8 Å². The number of pyridine rings is 1. The summed E-state index contributed by atoms with van der Waals surface area (Å²) in [6.45, 7) is 9.33. The van der Waals surface area contributed by atoms with Crippen molar-refractivity contribution in [2.45, 2.75) is 39.0 Å². The van der Waals surface area contributed by atoms with E-state index in [0.29, 0.717) is 5.92 Å². The third-order valence-electron chi connectivity index (χ3n) is 3.99. The number of halogens is 1. The monoisotopic (exact) mass is 295 g/mol. The lowest BCUT2D eigenvalue weighted by Gasteiger charge is -2.38. The first-order chi connectivity index (χ1) is 9.99. The molecule has 4 atom stereocenters. The molecule has 0 bridgehead atoms. The fourth-order valence-corrected chi connectivity index (χ4v) is 3.24. The van der Waals surface area contributed by atoms with E-state index in [1.165, 1.54) is 12.3 Å². The normalized spacial score (nSPS) is 26.5. The third-order valence-corrected chi connectivity index (χ3v) is 3.99. The van der Waals surface area contributed by atoms with Crippen LogP contribution in [0.25, 0.3) is 0 Å². The van der Waals surface area contributed by atoms with Gasteiger partial charge in [0.15, 0.2) is 0 Å². The highest BCUT2D eigenvalue weighted by molar-refractivity contribution is 5.11. The molecule has 0 saturated carbocycles. The van der Waals surface area contributed by atoms with Crippen LogP contribution in [0.15, 0.2) is 18.3 Å². The minimum atomic E-state index is -0.294. The zero-order chi connectivity index (χ0) is 15.4. The molecule has 1 N–H and O–H groups in total. The first-order valence-corrected chi connectivity index (χ1v) is 7.66. The largest absolute Gasteiger partial charge is 0.373 e. The van der Waals surface area contributed by atoms with E-state index < -0.39 is 0 Å². The minimum Gasteiger partial charge on any atom is -0.373 e. The van der Waals surface area contributed by atoms with E-state index in [1.807, 2.05) is 7.05 Å². The molecule has 0 aromatic carbocycles. The number of nitrogens with zero attached hydrogens (tertiary/aromatic N) is 2. The summed E-state index contributed by atoms with van der Waals surface area (Å²) in [5.74, 6) is 0.0857. The maximum absolute atomic E-state index is 13.0. The average molecular weight is 295 g/mol. The molecule has 21 heavy (non-hydrogen) atoms. The van der Waals surface area contributed by atoms with Crippen LogP contribution in [0.4, 0.5) is 4.39 Å². The van der Waals surface area contributed by atoms with Crippen LogP contribution in [0, 0.1) is 11.7 Å². The summed E-state index contributed by atoms with van der Waals surface area (Å²) in [7, 11) is 1.93. The number of rotatable bonds is 5. The van der Waals surface area contributed by atoms with Crippen molar-refractivity contribution in [2.75, 3.05) is 26.7 Å². The first kappa shape index (κ1) is 16.3. The van der Waals surface area contributed by atoms with Gasteiger partial charge in [0.2, 0.25) is 0 Å². The second kappa shape index (κ2) is 7.29. The van der Waals surface area contributed by atoms with Crippen molar-refractivity contribution in [3.8, 4) is 0 Å². The molecule has 118 valence electrons. The fraction of sp³-hybridized carbons (Fsp3) is 0.688. The Labute approximate surface area is 126 Å². The van der Waals surface area contributed by atoms with Crippen molar-refractivity contribution in [1.29, 1.82) is 0 Å². The molecule has 0 radical (unpaired) electrons. The van der Waals surface area contributed by atoms with E-state index >= 15 is 0 Å². The quantitative estimate of drug-likeness (QED) is 0.904. The molecule has 2 rings (SSSR count). The van der Waals surface area contributed by atoms with Crippen LogP contribution < -0.4 is 5.32 Å². The van der Waals surface area contributed by atoms with E-state index in [9.17, 15) is 4.39 Å². The van der Waals surface area contributed by atoms with Gasteiger partial charge in [-0.2, -0.15) is 0 Å². The Hall–Kier alpha value is -1.04. The van der Waals surface area contributed by atoms with Gasteiger partial charge in [0.1, 0.15) is 5.82 Å². The summed E-state index contributed by atoms with van der Waals surface area (Å²) >= 11 is 0. The number of hydrogen-bond donors (Lipinski definition) is 1. The highest BCUT2D eigenvalue weighted by Gasteiger charge is 2.26. The van der Waals surface area contributed by atoms with Gasteiger partial charge in [0.25, 0.3) is 0 Å². The molecule has 4 unspecified atom stereocenters. The van der Waals surface area contributed by atoms with Gasteiger partial charge in [0, 0.05) is 19.6 Å². The molecule has 1 saturated heterocycles. The standard InChI is InChI=1S/C16H26FN3O/c1-11(8-20-9-12(2)21-13(3)10-20)16(18-4)15-6-5-14(17)7-19-15/h5-7,11-13,16,18H,8-10H2,1-4H3. The highest BCUT2D eigenvalue weighted by atomic mass is 19.1. The molecule has 1 aliphatic heterocycles. The molecule has 1 aromatic heterocycles. The smallest absolute Gasteiger partial charge is 0.141 e. The molecular weight excluding hydrogens is 269 g/mol. The Morgan fingerprint density at radius 2 is 2.05 bits per heavy atom. The van der Waals surface area contributed by atoms with Crippen molar-refractivity contribution >= 4 is 0 Å². The van der Waals surface area contributed by atoms with Crippen LogP contribution in [0.1, 0.15) is 32.5 Å². The highest BCUT2D eigenvalue weighted by Crippen LogP contribution is 2.22. The Kier molecular flexibility index (Phi) is 5.67. The summed E-state index contributed by atoms with van der Waals surface area (Å²) in [6, 6.07) is 3.36. The van der Waals surface area contributed by atoms with Gasteiger partial charge in [0.05, 0.1) is 30.1 Å². The molecule has 0 spiro atoms. The van der Waals surface area contributed by atoms with E-state index in [4.69, 9.17) is 4.74 Å². The van der Waals surface area contributed by atoms with Crippen LogP contribution in [0.5, 0.6) is 0 Å². The fourth-order valence-electron chi connectivity index (χ4n) is 3.24. The summed E-state index contributed by atoms with van der Waals surface area (Å²) in [5.41, 5.74) is 0.890. The molecule has 0 amide bonds. The summed E-state index contributed by atoms with van der Waals surface area (Å²) in [6.07, 6.45) is 1.83. The van der Waals surface area contributed by atoms with Gasteiger partial charge in [-0.25, -0.2) is 4.39 Å². The van der Waals surface area contributed by atoms with Gasteiger partial charge >= 0.3 is 0 Å². The van der Waals surface area contributed by atoms with Gasteiger partial charge in [-0.15, -0.1) is 0 Å². The van der Waals surface area contributed by atoms with E-state index in [2.05, 4.69) is 36.0 Å². The van der Waals surface area contributed by atoms with Crippen molar-refractivity contribution in [2.24, 2.45) is 5.92 Å². The van der Waals surface area contributed by atoms with Crippen molar-refractivity contribution in [3.63, 3.8) is 0 Å². The first-order valence-electron chi connectivity index (χ1n) is 7.66. The maximum atomic E-state index is 13.0. The molecule has 0 aliphatic carbocycles. The lowest BCUT2D eigenvalue weighted by atomic mass is 9.97. The second-order valence-electron chi connectivity index (χ2n) is 6.12. The van der Waals surface area contributed by atoms with Gasteiger partial charge in [-0.05, 0) is 38.9 Å². The molecule has 2 heterocycles.